The molecular weight excluding hydrogens is 486 g/mol. The minimum Gasteiger partial charge on any atom is -0.493 e. The van der Waals surface area contributed by atoms with Gasteiger partial charge in [-0.25, -0.2) is 0 Å². The largest absolute Gasteiger partial charge is 0.493 e. The van der Waals surface area contributed by atoms with Gasteiger partial charge in [0.25, 0.3) is 0 Å². The van der Waals surface area contributed by atoms with Crippen LogP contribution in [0.3, 0.4) is 0 Å². The zero-order valence-electron chi connectivity index (χ0n) is 18.1. The van der Waals surface area contributed by atoms with Gasteiger partial charge in [0, 0.05) is 16.6 Å². The van der Waals surface area contributed by atoms with Crippen LogP contribution in [0, 0.1) is 12.8 Å². The quantitative estimate of drug-likeness (QED) is 0.355. The van der Waals surface area contributed by atoms with Crippen LogP contribution >= 0.6 is 27.5 Å². The van der Waals surface area contributed by atoms with E-state index in [0.717, 1.165) is 22.2 Å². The standard InChI is InChI=1S/C27H25BrClNO2/c1-16-5-3-7-21-20-6-4-8-22(20)26(30-25(16)21)18-13-23(28)27(24(14-18)31-2)32-15-17-9-11-19(29)12-10-17/h3-7,9-14,20,22,26,30H,8,15H2,1-2H3/t20-,22-,26-/m0/s1. The summed E-state index contributed by atoms with van der Waals surface area (Å²) in [6.07, 6.45) is 5.74. The summed E-state index contributed by atoms with van der Waals surface area (Å²) in [6.45, 7) is 2.61. The molecule has 0 unspecified atom stereocenters. The second-order valence-corrected chi connectivity index (χ2v) is 9.75. The van der Waals surface area contributed by atoms with Gasteiger partial charge in [-0.05, 0) is 81.7 Å². The predicted molar refractivity (Wildman–Crippen MR) is 134 cm³/mol. The Labute approximate surface area is 202 Å². The Kier molecular flexibility index (Phi) is 5.92. The van der Waals surface area contributed by atoms with E-state index in [1.165, 1.54) is 22.4 Å². The molecule has 1 heterocycles. The van der Waals surface area contributed by atoms with Crippen LogP contribution in [-0.4, -0.2) is 7.11 Å². The Hall–Kier alpha value is -2.43. The molecule has 3 atom stereocenters. The third-order valence-corrected chi connectivity index (χ3v) is 7.35. The number of anilines is 1. The summed E-state index contributed by atoms with van der Waals surface area (Å²) in [5, 5.41) is 4.56. The second kappa shape index (κ2) is 8.84. The van der Waals surface area contributed by atoms with E-state index in [0.29, 0.717) is 29.2 Å². The number of benzene rings is 3. The number of methoxy groups -OCH3 is 1. The Balaban J connectivity index is 1.46. The lowest BCUT2D eigenvalue weighted by Crippen LogP contribution is -2.29. The molecule has 1 aliphatic carbocycles. The first kappa shape index (κ1) is 21.4. The maximum absolute atomic E-state index is 6.14. The SMILES string of the molecule is COc1cc([C@@H]2Nc3c(C)cccc3[C@@H]3C=CC[C@@H]32)cc(Br)c1OCc1ccc(Cl)cc1. The maximum atomic E-state index is 6.14. The van der Waals surface area contributed by atoms with Crippen molar-refractivity contribution in [2.45, 2.75) is 31.9 Å². The maximum Gasteiger partial charge on any atom is 0.175 e. The predicted octanol–water partition coefficient (Wildman–Crippen LogP) is 7.83. The first-order valence-corrected chi connectivity index (χ1v) is 12.0. The minimum absolute atomic E-state index is 0.194. The number of nitrogens with one attached hydrogen (secondary N) is 1. The summed E-state index contributed by atoms with van der Waals surface area (Å²) in [4.78, 5) is 0. The highest BCUT2D eigenvalue weighted by Gasteiger charge is 2.38. The van der Waals surface area contributed by atoms with Crippen LogP contribution in [0.2, 0.25) is 5.02 Å². The number of hydrogen-bond acceptors (Lipinski definition) is 3. The molecule has 3 aromatic rings. The normalized spacial score (nSPS) is 20.9. The van der Waals surface area contributed by atoms with Crippen LogP contribution in [0.15, 0.2) is 71.2 Å². The van der Waals surface area contributed by atoms with Crippen molar-refractivity contribution in [1.82, 2.24) is 0 Å². The average molecular weight is 511 g/mol. The number of halogens is 2. The molecule has 3 aromatic carbocycles. The molecule has 1 N–H and O–H groups in total. The lowest BCUT2D eigenvalue weighted by atomic mass is 9.76. The summed E-state index contributed by atoms with van der Waals surface area (Å²) in [6, 6.07) is 18.7. The summed E-state index contributed by atoms with van der Waals surface area (Å²) < 4.78 is 12.8. The number of hydrogen-bond donors (Lipinski definition) is 1. The molecule has 2 aliphatic rings. The molecule has 0 saturated carbocycles. The fourth-order valence-electron chi connectivity index (χ4n) is 4.90. The molecule has 5 rings (SSSR count). The molecule has 0 amide bonds. The Morgan fingerprint density at radius 3 is 2.72 bits per heavy atom. The van der Waals surface area contributed by atoms with Crippen molar-refractivity contribution in [2.75, 3.05) is 12.4 Å². The van der Waals surface area contributed by atoms with Gasteiger partial charge in [-0.15, -0.1) is 0 Å². The van der Waals surface area contributed by atoms with Gasteiger partial charge >= 0.3 is 0 Å². The van der Waals surface area contributed by atoms with Crippen LogP contribution in [0.4, 0.5) is 5.69 Å². The lowest BCUT2D eigenvalue weighted by Gasteiger charge is -2.38. The summed E-state index contributed by atoms with van der Waals surface area (Å²) in [5.41, 5.74) is 6.17. The molecular formula is C27H25BrClNO2. The van der Waals surface area contributed by atoms with E-state index in [1.54, 1.807) is 7.11 Å². The number of para-hydroxylation sites is 1. The first-order valence-electron chi connectivity index (χ1n) is 10.8. The van der Waals surface area contributed by atoms with Crippen molar-refractivity contribution < 1.29 is 9.47 Å². The monoisotopic (exact) mass is 509 g/mol. The fraction of sp³-hybridized carbons (Fsp3) is 0.259. The van der Waals surface area contributed by atoms with Gasteiger partial charge in [-0.1, -0.05) is 54.1 Å². The molecule has 0 saturated heterocycles. The van der Waals surface area contributed by atoms with Gasteiger partial charge in [0.15, 0.2) is 11.5 Å². The summed E-state index contributed by atoms with van der Waals surface area (Å²) in [5.74, 6) is 2.34. The van der Waals surface area contributed by atoms with E-state index < -0.39 is 0 Å². The number of rotatable bonds is 5. The lowest BCUT2D eigenvalue weighted by molar-refractivity contribution is 0.282. The molecule has 0 bridgehead atoms. The highest BCUT2D eigenvalue weighted by atomic mass is 79.9. The van der Waals surface area contributed by atoms with Gasteiger partial charge in [0.2, 0.25) is 0 Å². The molecule has 1 aliphatic heterocycles. The van der Waals surface area contributed by atoms with Crippen molar-refractivity contribution in [3.8, 4) is 11.5 Å². The third kappa shape index (κ3) is 3.91. The highest BCUT2D eigenvalue weighted by molar-refractivity contribution is 9.10. The zero-order chi connectivity index (χ0) is 22.2. The summed E-state index contributed by atoms with van der Waals surface area (Å²) in [7, 11) is 1.69. The van der Waals surface area contributed by atoms with Crippen molar-refractivity contribution in [1.29, 1.82) is 0 Å². The van der Waals surface area contributed by atoms with E-state index in [-0.39, 0.29) is 6.04 Å². The van der Waals surface area contributed by atoms with E-state index in [4.69, 9.17) is 21.1 Å². The van der Waals surface area contributed by atoms with Crippen molar-refractivity contribution >= 4 is 33.2 Å². The van der Waals surface area contributed by atoms with Crippen LogP contribution < -0.4 is 14.8 Å². The first-order chi connectivity index (χ1) is 15.5. The Morgan fingerprint density at radius 2 is 1.94 bits per heavy atom. The average Bonchev–Trinajstić information content (AvgIpc) is 3.29. The minimum atomic E-state index is 0.194. The third-order valence-electron chi connectivity index (χ3n) is 6.51. The number of allylic oxidation sites excluding steroid dienone is 2. The van der Waals surface area contributed by atoms with Gasteiger partial charge in [-0.2, -0.15) is 0 Å². The van der Waals surface area contributed by atoms with Crippen molar-refractivity contribution in [2.24, 2.45) is 5.92 Å². The molecule has 5 heteroatoms. The van der Waals surface area contributed by atoms with E-state index in [9.17, 15) is 0 Å². The molecule has 164 valence electrons. The van der Waals surface area contributed by atoms with E-state index in [2.05, 4.69) is 70.7 Å². The molecule has 32 heavy (non-hydrogen) atoms. The van der Waals surface area contributed by atoms with Crippen LogP contribution in [0.5, 0.6) is 11.5 Å². The molecule has 0 fully saturated rings. The second-order valence-electron chi connectivity index (χ2n) is 8.46. The number of fused-ring (bicyclic) bond motifs is 3. The molecule has 0 radical (unpaired) electrons. The number of ether oxygens (including phenoxy) is 2. The highest BCUT2D eigenvalue weighted by Crippen LogP contribution is 2.52. The Bertz CT molecular complexity index is 1180. The Morgan fingerprint density at radius 1 is 1.12 bits per heavy atom. The fourth-order valence-corrected chi connectivity index (χ4v) is 5.60. The number of aryl methyl sites for hydroxylation is 1. The molecule has 0 aromatic heterocycles. The van der Waals surface area contributed by atoms with Crippen LogP contribution in [0.1, 0.15) is 40.6 Å². The van der Waals surface area contributed by atoms with Crippen LogP contribution in [0.25, 0.3) is 0 Å². The topological polar surface area (TPSA) is 30.5 Å². The smallest absolute Gasteiger partial charge is 0.175 e. The van der Waals surface area contributed by atoms with Crippen LogP contribution in [-0.2, 0) is 6.61 Å². The zero-order valence-corrected chi connectivity index (χ0v) is 20.4. The van der Waals surface area contributed by atoms with Gasteiger partial charge in [-0.3, -0.25) is 0 Å². The molecule has 0 spiro atoms. The van der Waals surface area contributed by atoms with Gasteiger partial charge in [0.1, 0.15) is 6.61 Å². The van der Waals surface area contributed by atoms with Gasteiger partial charge < -0.3 is 14.8 Å². The molecule has 3 nitrogen and oxygen atoms in total. The van der Waals surface area contributed by atoms with Crippen molar-refractivity contribution in [3.63, 3.8) is 0 Å². The van der Waals surface area contributed by atoms with Crippen molar-refractivity contribution in [3.05, 3.63) is 98.5 Å². The van der Waals surface area contributed by atoms with E-state index in [1.807, 2.05) is 24.3 Å². The van der Waals surface area contributed by atoms with E-state index >= 15 is 0 Å². The summed E-state index contributed by atoms with van der Waals surface area (Å²) >= 11 is 9.73. The van der Waals surface area contributed by atoms with Gasteiger partial charge in [0.05, 0.1) is 17.6 Å².